The van der Waals surface area contributed by atoms with Crippen LogP contribution in [0.3, 0.4) is 0 Å². The van der Waals surface area contributed by atoms with E-state index in [0.717, 1.165) is 82.8 Å². The highest BCUT2D eigenvalue weighted by Gasteiger charge is 2.23. The highest BCUT2D eigenvalue weighted by molar-refractivity contribution is 6.12. The van der Waals surface area contributed by atoms with Crippen molar-refractivity contribution >= 4 is 43.7 Å². The molecule has 0 bridgehead atoms. The molecule has 0 atom stereocenters. The predicted molar refractivity (Wildman–Crippen MR) is 273 cm³/mol. The largest absolute Gasteiger partial charge is 0.456 e. The summed E-state index contributed by atoms with van der Waals surface area (Å²) < 4.78 is 8.44. The number of aromatic nitrogens is 4. The normalized spacial score (nSPS) is 11.1. The molecule has 0 amide bonds. The second kappa shape index (κ2) is 16.8. The van der Waals surface area contributed by atoms with Crippen LogP contribution in [-0.4, -0.2) is 19.5 Å². The van der Waals surface area contributed by atoms with Gasteiger partial charge >= 0.3 is 0 Å². The van der Waals surface area contributed by atoms with Crippen LogP contribution in [0.25, 0.3) is 117 Å². The summed E-state index contributed by atoms with van der Waals surface area (Å²) in [5.41, 5.74) is 12.8. The molecular formula is C61H32N8O. The second-order valence-corrected chi connectivity index (χ2v) is 16.8. The topological polar surface area (TPSA) is 152 Å². The molecule has 322 valence electrons. The second-order valence-electron chi connectivity index (χ2n) is 16.8. The van der Waals surface area contributed by atoms with Crippen LogP contribution in [0.1, 0.15) is 22.3 Å². The summed E-state index contributed by atoms with van der Waals surface area (Å²) in [7, 11) is 0. The summed E-state index contributed by atoms with van der Waals surface area (Å²) in [6, 6.07) is 71.9. The van der Waals surface area contributed by atoms with Gasteiger partial charge in [0.2, 0.25) is 0 Å². The third-order valence-electron chi connectivity index (χ3n) is 12.8. The van der Waals surface area contributed by atoms with Gasteiger partial charge in [-0.25, -0.2) is 15.0 Å². The zero-order valence-corrected chi connectivity index (χ0v) is 37.0. The molecule has 0 saturated carbocycles. The lowest BCUT2D eigenvalue weighted by Crippen LogP contribution is -2.04. The molecule has 3 heterocycles. The average Bonchev–Trinajstić information content (AvgIpc) is 3.97. The van der Waals surface area contributed by atoms with Gasteiger partial charge in [0.25, 0.3) is 0 Å². The molecule has 0 N–H and O–H groups in total. The number of nitriles is 4. The van der Waals surface area contributed by atoms with Crippen molar-refractivity contribution in [3.05, 3.63) is 216 Å². The van der Waals surface area contributed by atoms with Gasteiger partial charge in [-0.3, -0.25) is 0 Å². The number of rotatable bonds is 7. The summed E-state index contributed by atoms with van der Waals surface area (Å²) in [4.78, 5) is 15.6. The van der Waals surface area contributed by atoms with Crippen molar-refractivity contribution in [3.8, 4) is 97.5 Å². The smallest absolute Gasteiger partial charge is 0.166 e. The van der Waals surface area contributed by atoms with Crippen molar-refractivity contribution in [2.75, 3.05) is 0 Å². The van der Waals surface area contributed by atoms with Crippen molar-refractivity contribution in [2.45, 2.75) is 0 Å². The SMILES string of the molecule is N#Cc1ccc(-c2ccc3c4ccc(-c5ccc(C#N)cc5C#N)cc4n(-c4ccc(-c5ccc6oc7ccccc7c6c5)cc4-c4nc(-c5ccccc5)nc(-c5ccccc5)n4)c3c2)c(C#N)c1. The van der Waals surface area contributed by atoms with Crippen LogP contribution < -0.4 is 0 Å². The fourth-order valence-electron chi connectivity index (χ4n) is 9.45. The Morgan fingerprint density at radius 1 is 0.343 bits per heavy atom. The first kappa shape index (κ1) is 41.0. The Hall–Kier alpha value is -10.5. The van der Waals surface area contributed by atoms with Gasteiger partial charge in [-0.05, 0) is 100 Å². The summed E-state index contributed by atoms with van der Waals surface area (Å²) in [5.74, 6) is 1.46. The van der Waals surface area contributed by atoms with Crippen LogP contribution in [0, 0.1) is 45.3 Å². The van der Waals surface area contributed by atoms with Crippen LogP contribution >= 0.6 is 0 Å². The van der Waals surface area contributed by atoms with Crippen molar-refractivity contribution in [1.82, 2.24) is 19.5 Å². The molecule has 0 aliphatic carbocycles. The minimum absolute atomic E-state index is 0.382. The maximum Gasteiger partial charge on any atom is 0.166 e. The first-order chi connectivity index (χ1) is 34.5. The van der Waals surface area contributed by atoms with Gasteiger partial charge in [-0.1, -0.05) is 127 Å². The monoisotopic (exact) mass is 892 g/mol. The lowest BCUT2D eigenvalue weighted by atomic mass is 9.96. The first-order valence-corrected chi connectivity index (χ1v) is 22.4. The highest BCUT2D eigenvalue weighted by Crippen LogP contribution is 2.42. The molecule has 12 rings (SSSR count). The van der Waals surface area contributed by atoms with Gasteiger partial charge in [-0.2, -0.15) is 21.0 Å². The Morgan fingerprint density at radius 3 is 1.41 bits per heavy atom. The highest BCUT2D eigenvalue weighted by atomic mass is 16.3. The fourth-order valence-corrected chi connectivity index (χ4v) is 9.45. The Bertz CT molecular complexity index is 4100. The molecule has 0 fully saturated rings. The summed E-state index contributed by atoms with van der Waals surface area (Å²) in [6.07, 6.45) is 0. The predicted octanol–water partition coefficient (Wildman–Crippen LogP) is 14.4. The zero-order chi connectivity index (χ0) is 47.3. The molecule has 9 aromatic carbocycles. The van der Waals surface area contributed by atoms with Gasteiger partial charge in [0.15, 0.2) is 17.5 Å². The number of benzene rings is 9. The van der Waals surface area contributed by atoms with Crippen LogP contribution in [-0.2, 0) is 0 Å². The molecule has 0 radical (unpaired) electrons. The molecule has 3 aromatic heterocycles. The van der Waals surface area contributed by atoms with E-state index < -0.39 is 0 Å². The number of furan rings is 1. The van der Waals surface area contributed by atoms with Crippen molar-refractivity contribution in [3.63, 3.8) is 0 Å². The van der Waals surface area contributed by atoms with E-state index >= 15 is 0 Å². The molecule has 0 unspecified atom stereocenters. The molecule has 70 heavy (non-hydrogen) atoms. The first-order valence-electron chi connectivity index (χ1n) is 22.4. The minimum atomic E-state index is 0.382. The Morgan fingerprint density at radius 2 is 0.843 bits per heavy atom. The van der Waals surface area contributed by atoms with Crippen LogP contribution in [0.2, 0.25) is 0 Å². The Kier molecular flexibility index (Phi) is 9.82. The quantitative estimate of drug-likeness (QED) is 0.153. The van der Waals surface area contributed by atoms with Gasteiger partial charge in [0, 0.05) is 38.2 Å². The van der Waals surface area contributed by atoms with E-state index in [-0.39, 0.29) is 0 Å². The maximum atomic E-state index is 10.3. The average molecular weight is 893 g/mol. The molecule has 12 aromatic rings. The van der Waals surface area contributed by atoms with Crippen LogP contribution in [0.15, 0.2) is 199 Å². The number of fused-ring (bicyclic) bond motifs is 6. The molecule has 0 saturated heterocycles. The molecule has 9 heteroatoms. The third-order valence-corrected chi connectivity index (χ3v) is 12.8. The van der Waals surface area contributed by atoms with Crippen molar-refractivity contribution in [1.29, 1.82) is 21.0 Å². The van der Waals surface area contributed by atoms with E-state index in [0.29, 0.717) is 56.4 Å². The van der Waals surface area contributed by atoms with Gasteiger partial charge in [-0.15, -0.1) is 0 Å². The lowest BCUT2D eigenvalue weighted by Gasteiger charge is -2.17. The third kappa shape index (κ3) is 6.97. The van der Waals surface area contributed by atoms with Gasteiger partial charge in [0.1, 0.15) is 11.2 Å². The molecule has 0 aliphatic heterocycles. The number of para-hydroxylation sites is 1. The summed E-state index contributed by atoms with van der Waals surface area (Å²) in [5, 5.41) is 44.0. The van der Waals surface area contributed by atoms with Crippen LogP contribution in [0.5, 0.6) is 0 Å². The van der Waals surface area contributed by atoms with E-state index in [1.165, 1.54) is 0 Å². The molecule has 0 spiro atoms. The van der Waals surface area contributed by atoms with Crippen LogP contribution in [0.4, 0.5) is 0 Å². The molecular weight excluding hydrogens is 861 g/mol. The van der Waals surface area contributed by atoms with Crippen molar-refractivity contribution in [2.24, 2.45) is 0 Å². The minimum Gasteiger partial charge on any atom is -0.456 e. The standard InChI is InChI=1S/C61H32N8O/c62-33-37-15-21-47(45(27-37)35-64)43-17-23-49-50-24-18-44(48-22-16-38(34-63)28-46(48)36-65)32-56(50)69(55(49)31-43)54-25-19-41(42-20-26-58-52(29-42)51-13-7-8-14-57(51)70-58)30-53(54)61-67-59(39-9-3-1-4-10-39)66-60(68-61)40-11-5-2-6-12-40/h1-32H. The van der Waals surface area contributed by atoms with Gasteiger partial charge < -0.3 is 8.98 Å². The lowest BCUT2D eigenvalue weighted by molar-refractivity contribution is 0.669. The maximum absolute atomic E-state index is 10.3. The van der Waals surface area contributed by atoms with Gasteiger partial charge in [0.05, 0.1) is 63.3 Å². The zero-order valence-electron chi connectivity index (χ0n) is 37.0. The van der Waals surface area contributed by atoms with E-state index in [1.54, 1.807) is 24.3 Å². The van der Waals surface area contributed by atoms with E-state index in [2.05, 4.69) is 89.5 Å². The van der Waals surface area contributed by atoms with E-state index in [4.69, 9.17) is 19.4 Å². The van der Waals surface area contributed by atoms with Crippen molar-refractivity contribution < 1.29 is 4.42 Å². The summed E-state index contributed by atoms with van der Waals surface area (Å²) in [6.45, 7) is 0. The summed E-state index contributed by atoms with van der Waals surface area (Å²) >= 11 is 0. The van der Waals surface area contributed by atoms with E-state index in [1.807, 2.05) is 109 Å². The molecule has 0 aliphatic rings. The fraction of sp³-hybridized carbons (Fsp3) is 0. The number of hydrogen-bond acceptors (Lipinski definition) is 8. The van der Waals surface area contributed by atoms with E-state index in [9.17, 15) is 21.0 Å². The number of hydrogen-bond donors (Lipinski definition) is 0. The Labute approximate surface area is 400 Å². The number of nitrogens with zero attached hydrogens (tertiary/aromatic N) is 8. The Balaban J connectivity index is 1.18. The molecule has 9 nitrogen and oxygen atoms in total.